The Labute approximate surface area is 167 Å². The Kier molecular flexibility index (Phi) is 6.18. The number of nitrogens with zero attached hydrogens (tertiary/aromatic N) is 3. The van der Waals surface area contributed by atoms with Crippen molar-refractivity contribution < 1.29 is 22.0 Å². The number of aromatic nitrogens is 2. The van der Waals surface area contributed by atoms with E-state index in [1.165, 1.54) is 16.4 Å². The number of benzene rings is 1. The van der Waals surface area contributed by atoms with Crippen molar-refractivity contribution >= 4 is 48.3 Å². The molecule has 0 saturated carbocycles. The minimum Gasteiger partial charge on any atom is -0.300 e. The lowest BCUT2D eigenvalue weighted by atomic mass is 9.99. The van der Waals surface area contributed by atoms with Crippen molar-refractivity contribution in [2.75, 3.05) is 18.4 Å². The molecule has 1 aromatic carbocycles. The second kappa shape index (κ2) is 8.25. The molecule has 1 N–H and O–H groups in total. The normalized spacial score (nSPS) is 18.6. The maximum absolute atomic E-state index is 12.8. The zero-order chi connectivity index (χ0) is 19.6. The summed E-state index contributed by atoms with van der Waals surface area (Å²) in [5.41, 5.74) is 0. The third kappa shape index (κ3) is 4.68. The molecule has 3 rings (SSSR count). The molecular formula is C15H15BrF2N4O3S2. The Bertz CT molecular complexity index is 921. The topological polar surface area (TPSA) is 92.3 Å². The van der Waals surface area contributed by atoms with Crippen LogP contribution in [0.25, 0.3) is 0 Å². The van der Waals surface area contributed by atoms with E-state index in [2.05, 4.69) is 31.4 Å². The molecule has 1 aliphatic rings. The highest BCUT2D eigenvalue weighted by molar-refractivity contribution is 9.10. The smallest absolute Gasteiger partial charge is 0.291 e. The number of amides is 1. The monoisotopic (exact) mass is 480 g/mol. The lowest BCUT2D eigenvalue weighted by Crippen LogP contribution is -2.43. The van der Waals surface area contributed by atoms with Crippen LogP contribution in [0.15, 0.2) is 33.6 Å². The summed E-state index contributed by atoms with van der Waals surface area (Å²) >= 11 is 3.86. The van der Waals surface area contributed by atoms with E-state index in [-0.39, 0.29) is 16.6 Å². The number of rotatable bonds is 5. The standard InChI is InChI=1S/C15H15BrF2N4O3S2/c16-10-3-5-11(6-4-10)27(24,25)22-7-1-2-9(8-22)13(23)19-15-21-20-14(26-15)12(17)18/h3-6,9,12H,1-2,7-8H2,(H,19,21,23). The average Bonchev–Trinajstić information content (AvgIpc) is 3.11. The number of anilines is 1. The molecule has 7 nitrogen and oxygen atoms in total. The van der Waals surface area contributed by atoms with Crippen LogP contribution in [0.2, 0.25) is 0 Å². The van der Waals surface area contributed by atoms with Crippen molar-refractivity contribution in [2.24, 2.45) is 5.92 Å². The van der Waals surface area contributed by atoms with E-state index in [4.69, 9.17) is 0 Å². The van der Waals surface area contributed by atoms with E-state index >= 15 is 0 Å². The second-order valence-corrected chi connectivity index (χ2v) is 9.75. The molecule has 12 heteroatoms. The van der Waals surface area contributed by atoms with Crippen LogP contribution in [0.1, 0.15) is 24.3 Å². The Morgan fingerprint density at radius 2 is 2.00 bits per heavy atom. The summed E-state index contributed by atoms with van der Waals surface area (Å²) in [4.78, 5) is 12.6. The molecule has 0 radical (unpaired) electrons. The predicted molar refractivity (Wildman–Crippen MR) is 99.1 cm³/mol. The molecular weight excluding hydrogens is 466 g/mol. The second-order valence-electron chi connectivity index (χ2n) is 5.89. The van der Waals surface area contributed by atoms with Gasteiger partial charge in [0.1, 0.15) is 0 Å². The highest BCUT2D eigenvalue weighted by Crippen LogP contribution is 2.28. The SMILES string of the molecule is O=C(Nc1nnc(C(F)F)s1)C1CCCN(S(=O)(=O)c2ccc(Br)cc2)C1. The van der Waals surface area contributed by atoms with Crippen molar-refractivity contribution in [3.8, 4) is 0 Å². The number of sulfonamides is 1. The molecule has 0 spiro atoms. The first-order valence-electron chi connectivity index (χ1n) is 7.95. The summed E-state index contributed by atoms with van der Waals surface area (Å²) < 4.78 is 52.7. The fourth-order valence-electron chi connectivity index (χ4n) is 2.71. The first-order chi connectivity index (χ1) is 12.8. The van der Waals surface area contributed by atoms with Crippen LogP contribution < -0.4 is 5.32 Å². The van der Waals surface area contributed by atoms with E-state index < -0.39 is 33.3 Å². The van der Waals surface area contributed by atoms with E-state index in [0.29, 0.717) is 30.7 Å². The first kappa shape index (κ1) is 20.2. The van der Waals surface area contributed by atoms with Gasteiger partial charge in [-0.05, 0) is 37.1 Å². The fraction of sp³-hybridized carbons (Fsp3) is 0.400. The summed E-state index contributed by atoms with van der Waals surface area (Å²) in [5.74, 6) is -1.05. The third-order valence-corrected chi connectivity index (χ3v) is 7.32. The molecule has 2 aromatic rings. The number of nitrogens with one attached hydrogen (secondary N) is 1. The molecule has 1 unspecified atom stereocenters. The number of hydrogen-bond acceptors (Lipinski definition) is 6. The van der Waals surface area contributed by atoms with E-state index in [1.807, 2.05) is 0 Å². The van der Waals surface area contributed by atoms with Gasteiger partial charge in [0.2, 0.25) is 21.1 Å². The molecule has 0 aliphatic carbocycles. The lowest BCUT2D eigenvalue weighted by Gasteiger charge is -2.31. The summed E-state index contributed by atoms with van der Waals surface area (Å²) in [6.07, 6.45) is -1.74. The van der Waals surface area contributed by atoms with Gasteiger partial charge in [-0.15, -0.1) is 10.2 Å². The first-order valence-corrected chi connectivity index (χ1v) is 11.0. The summed E-state index contributed by atoms with van der Waals surface area (Å²) in [6, 6.07) is 6.26. The van der Waals surface area contributed by atoms with Crippen LogP contribution >= 0.6 is 27.3 Å². The van der Waals surface area contributed by atoms with Gasteiger partial charge in [-0.3, -0.25) is 4.79 Å². The molecule has 146 valence electrons. The third-order valence-electron chi connectivity index (χ3n) is 4.06. The zero-order valence-electron chi connectivity index (χ0n) is 13.8. The van der Waals surface area contributed by atoms with Crippen LogP contribution in [0.3, 0.4) is 0 Å². The Morgan fingerprint density at radius 1 is 1.30 bits per heavy atom. The molecule has 1 fully saturated rings. The maximum Gasteiger partial charge on any atom is 0.291 e. The van der Waals surface area contributed by atoms with Gasteiger partial charge in [-0.2, -0.15) is 4.31 Å². The molecule has 1 aliphatic heterocycles. The van der Waals surface area contributed by atoms with Gasteiger partial charge in [0.15, 0.2) is 5.01 Å². The van der Waals surface area contributed by atoms with Crippen molar-refractivity contribution in [3.05, 3.63) is 33.7 Å². The van der Waals surface area contributed by atoms with Crippen molar-refractivity contribution in [1.82, 2.24) is 14.5 Å². The lowest BCUT2D eigenvalue weighted by molar-refractivity contribution is -0.120. The molecule has 1 amide bonds. The van der Waals surface area contributed by atoms with Crippen LogP contribution in [0.5, 0.6) is 0 Å². The summed E-state index contributed by atoms with van der Waals surface area (Å²) in [7, 11) is -3.72. The van der Waals surface area contributed by atoms with Crippen LogP contribution in [0, 0.1) is 5.92 Å². The zero-order valence-corrected chi connectivity index (χ0v) is 17.0. The molecule has 2 heterocycles. The fourth-order valence-corrected chi connectivity index (χ4v) is 5.10. The van der Waals surface area contributed by atoms with Crippen LogP contribution in [-0.2, 0) is 14.8 Å². The molecule has 1 atom stereocenters. The molecule has 0 bridgehead atoms. The van der Waals surface area contributed by atoms with Gasteiger partial charge in [0.25, 0.3) is 6.43 Å². The van der Waals surface area contributed by atoms with Gasteiger partial charge < -0.3 is 5.32 Å². The van der Waals surface area contributed by atoms with Crippen LogP contribution in [-0.4, -0.2) is 41.9 Å². The largest absolute Gasteiger partial charge is 0.300 e. The molecule has 1 aromatic heterocycles. The van der Waals surface area contributed by atoms with Gasteiger partial charge in [-0.1, -0.05) is 27.3 Å². The van der Waals surface area contributed by atoms with Crippen LogP contribution in [0.4, 0.5) is 13.9 Å². The number of halogens is 3. The average molecular weight is 481 g/mol. The van der Waals surface area contributed by atoms with Gasteiger partial charge in [0, 0.05) is 17.6 Å². The van der Waals surface area contributed by atoms with E-state index in [1.54, 1.807) is 12.1 Å². The Morgan fingerprint density at radius 3 is 2.63 bits per heavy atom. The molecule has 27 heavy (non-hydrogen) atoms. The maximum atomic E-state index is 12.8. The minimum atomic E-state index is -3.72. The van der Waals surface area contributed by atoms with Gasteiger partial charge in [0.05, 0.1) is 10.8 Å². The summed E-state index contributed by atoms with van der Waals surface area (Å²) in [5, 5.41) is 8.77. The Balaban J connectivity index is 1.69. The summed E-state index contributed by atoms with van der Waals surface area (Å²) in [6.45, 7) is 0.335. The minimum absolute atomic E-state index is 0.0186. The number of piperidine rings is 1. The van der Waals surface area contributed by atoms with Gasteiger partial charge in [-0.25, -0.2) is 17.2 Å². The highest BCUT2D eigenvalue weighted by Gasteiger charge is 2.33. The number of carbonyl (C=O) groups is 1. The highest BCUT2D eigenvalue weighted by atomic mass is 79.9. The van der Waals surface area contributed by atoms with Crippen molar-refractivity contribution in [2.45, 2.75) is 24.2 Å². The Hall–Kier alpha value is -1.50. The van der Waals surface area contributed by atoms with Crippen molar-refractivity contribution in [3.63, 3.8) is 0 Å². The van der Waals surface area contributed by atoms with Gasteiger partial charge >= 0.3 is 0 Å². The van der Waals surface area contributed by atoms with E-state index in [0.717, 1.165) is 4.47 Å². The number of alkyl halides is 2. The predicted octanol–water partition coefficient (Wildman–Crippen LogP) is 3.28. The number of carbonyl (C=O) groups excluding carboxylic acids is 1. The van der Waals surface area contributed by atoms with E-state index in [9.17, 15) is 22.0 Å². The number of hydrogen-bond donors (Lipinski definition) is 1. The molecule has 1 saturated heterocycles. The van der Waals surface area contributed by atoms with Crippen molar-refractivity contribution in [1.29, 1.82) is 0 Å². The quantitative estimate of drug-likeness (QED) is 0.708.